The second-order valence-corrected chi connectivity index (χ2v) is 4.19. The van der Waals surface area contributed by atoms with Crippen molar-refractivity contribution >= 4 is 5.97 Å². The number of carbonyl (C=O) groups is 1. The van der Waals surface area contributed by atoms with E-state index in [1.165, 1.54) is 19.2 Å². The topological polar surface area (TPSA) is 35.5 Å². The monoisotopic (exact) mass is 258 g/mol. The second-order valence-electron chi connectivity index (χ2n) is 4.19. The fraction of sp³-hybridized carbons (Fsp3) is 0.462. The van der Waals surface area contributed by atoms with Gasteiger partial charge in [-0.25, -0.2) is 0 Å². The number of halogens is 2. The quantitative estimate of drug-likeness (QED) is 0.761. The lowest BCUT2D eigenvalue weighted by molar-refractivity contribution is -0.143. The summed E-state index contributed by atoms with van der Waals surface area (Å²) in [5, 5.41) is 0. The summed E-state index contributed by atoms with van der Waals surface area (Å²) in [6.45, 7) is 0.938. The molecule has 0 bridgehead atoms. The van der Waals surface area contributed by atoms with Crippen LogP contribution < -0.4 is 4.74 Å². The zero-order chi connectivity index (χ0) is 13.7. The highest BCUT2D eigenvalue weighted by Crippen LogP contribution is 2.27. The molecule has 0 aliphatic carbocycles. The molecule has 0 aliphatic rings. The van der Waals surface area contributed by atoms with Crippen LogP contribution in [0.1, 0.15) is 25.3 Å². The lowest BCUT2D eigenvalue weighted by atomic mass is 9.88. The number of hydrogen-bond acceptors (Lipinski definition) is 3. The Bertz CT molecular complexity index is 388. The highest BCUT2D eigenvalue weighted by molar-refractivity contribution is 5.78. The number of methoxy groups -OCH3 is 1. The Hall–Kier alpha value is -1.65. The van der Waals surface area contributed by atoms with Crippen LogP contribution in [0.5, 0.6) is 5.75 Å². The van der Waals surface area contributed by atoms with Gasteiger partial charge >= 0.3 is 12.6 Å². The molecule has 1 atom stereocenters. The maximum atomic E-state index is 12.0. The third-order valence-corrected chi connectivity index (χ3v) is 2.59. The Labute approximate surface area is 105 Å². The van der Waals surface area contributed by atoms with Crippen LogP contribution in [0.4, 0.5) is 8.78 Å². The summed E-state index contributed by atoms with van der Waals surface area (Å²) in [5.41, 5.74) is 0.721. The summed E-state index contributed by atoms with van der Waals surface area (Å²) >= 11 is 0. The molecule has 0 saturated carbocycles. The van der Waals surface area contributed by atoms with E-state index < -0.39 is 12.5 Å². The van der Waals surface area contributed by atoms with Crippen molar-refractivity contribution in [2.75, 3.05) is 7.11 Å². The summed E-state index contributed by atoms with van der Waals surface area (Å²) in [5.74, 6) is -0.622. The van der Waals surface area contributed by atoms with Gasteiger partial charge in [0.05, 0.1) is 13.0 Å². The minimum atomic E-state index is -2.85. The average molecular weight is 258 g/mol. The maximum Gasteiger partial charge on any atom is 0.387 e. The highest BCUT2D eigenvalue weighted by Gasteiger charge is 2.24. The van der Waals surface area contributed by atoms with Gasteiger partial charge < -0.3 is 9.47 Å². The first-order valence-corrected chi connectivity index (χ1v) is 5.58. The molecule has 1 rings (SSSR count). The molecule has 5 heteroatoms. The number of benzene rings is 1. The highest BCUT2D eigenvalue weighted by atomic mass is 19.3. The lowest BCUT2D eigenvalue weighted by Crippen LogP contribution is -2.19. The van der Waals surface area contributed by atoms with Crippen molar-refractivity contribution in [2.45, 2.75) is 26.4 Å². The molecule has 1 unspecified atom stereocenters. The molecule has 1 aromatic rings. The Morgan fingerprint density at radius 3 is 2.11 bits per heavy atom. The number of ether oxygens (including phenoxy) is 2. The van der Waals surface area contributed by atoms with Crippen molar-refractivity contribution in [3.05, 3.63) is 29.8 Å². The van der Waals surface area contributed by atoms with Gasteiger partial charge in [-0.1, -0.05) is 26.0 Å². The van der Waals surface area contributed by atoms with E-state index in [0.717, 1.165) is 5.56 Å². The molecule has 0 aliphatic heterocycles. The molecule has 0 radical (unpaired) electrons. The van der Waals surface area contributed by atoms with Gasteiger partial charge in [0, 0.05) is 0 Å². The summed E-state index contributed by atoms with van der Waals surface area (Å²) in [6, 6.07) is 6.03. The van der Waals surface area contributed by atoms with Crippen LogP contribution in [0, 0.1) is 5.92 Å². The molecule has 0 N–H and O–H groups in total. The third kappa shape index (κ3) is 3.68. The minimum absolute atomic E-state index is 0.0549. The number of alkyl halides is 2. The van der Waals surface area contributed by atoms with Crippen LogP contribution in [0.2, 0.25) is 0 Å². The van der Waals surface area contributed by atoms with Gasteiger partial charge in [-0.05, 0) is 23.6 Å². The number of rotatable bonds is 5. The molecule has 0 heterocycles. The van der Waals surface area contributed by atoms with Gasteiger partial charge in [0.15, 0.2) is 0 Å². The Morgan fingerprint density at radius 1 is 1.17 bits per heavy atom. The fourth-order valence-electron chi connectivity index (χ4n) is 1.78. The van der Waals surface area contributed by atoms with E-state index in [-0.39, 0.29) is 17.6 Å². The van der Waals surface area contributed by atoms with Crippen LogP contribution in [-0.2, 0) is 9.53 Å². The van der Waals surface area contributed by atoms with E-state index in [2.05, 4.69) is 4.74 Å². The van der Waals surface area contributed by atoms with Gasteiger partial charge in [-0.2, -0.15) is 8.78 Å². The molecule has 3 nitrogen and oxygen atoms in total. The van der Waals surface area contributed by atoms with Gasteiger partial charge in [0.25, 0.3) is 0 Å². The molecule has 0 amide bonds. The Morgan fingerprint density at radius 2 is 1.72 bits per heavy atom. The smallest absolute Gasteiger partial charge is 0.387 e. The minimum Gasteiger partial charge on any atom is -0.469 e. The summed E-state index contributed by atoms with van der Waals surface area (Å²) in [4.78, 5) is 11.6. The van der Waals surface area contributed by atoms with Gasteiger partial charge in [-0.15, -0.1) is 0 Å². The van der Waals surface area contributed by atoms with Crippen molar-refractivity contribution in [1.82, 2.24) is 0 Å². The second kappa shape index (κ2) is 6.33. The molecular weight excluding hydrogens is 242 g/mol. The molecular formula is C13H16F2O3. The van der Waals surface area contributed by atoms with Gasteiger partial charge in [0.1, 0.15) is 5.75 Å². The van der Waals surface area contributed by atoms with Crippen LogP contribution in [-0.4, -0.2) is 19.7 Å². The van der Waals surface area contributed by atoms with Crippen LogP contribution >= 0.6 is 0 Å². The maximum absolute atomic E-state index is 12.0. The first-order chi connectivity index (χ1) is 8.45. The third-order valence-electron chi connectivity index (χ3n) is 2.59. The summed E-state index contributed by atoms with van der Waals surface area (Å²) < 4.78 is 33.0. The van der Waals surface area contributed by atoms with Gasteiger partial charge in [-0.3, -0.25) is 4.79 Å². The van der Waals surface area contributed by atoms with Crippen molar-refractivity contribution in [3.63, 3.8) is 0 Å². The Kier molecular flexibility index (Phi) is 5.07. The van der Waals surface area contributed by atoms with E-state index in [4.69, 9.17) is 4.74 Å². The van der Waals surface area contributed by atoms with Crippen molar-refractivity contribution in [3.8, 4) is 5.75 Å². The van der Waals surface area contributed by atoms with E-state index in [1.807, 2.05) is 13.8 Å². The van der Waals surface area contributed by atoms with Crippen molar-refractivity contribution in [2.24, 2.45) is 5.92 Å². The predicted molar refractivity (Wildman–Crippen MR) is 62.7 cm³/mol. The lowest BCUT2D eigenvalue weighted by Gasteiger charge is -2.18. The average Bonchev–Trinajstić information content (AvgIpc) is 2.30. The van der Waals surface area contributed by atoms with E-state index in [0.29, 0.717) is 0 Å². The largest absolute Gasteiger partial charge is 0.469 e. The normalized spacial score (nSPS) is 12.6. The van der Waals surface area contributed by atoms with E-state index in [1.54, 1.807) is 12.1 Å². The zero-order valence-electron chi connectivity index (χ0n) is 10.5. The van der Waals surface area contributed by atoms with Crippen molar-refractivity contribution in [1.29, 1.82) is 0 Å². The van der Waals surface area contributed by atoms with E-state index in [9.17, 15) is 13.6 Å². The predicted octanol–water partition coefficient (Wildman–Crippen LogP) is 3.20. The molecule has 0 saturated heterocycles. The molecule has 0 spiro atoms. The number of esters is 1. The standard InChI is InChI=1S/C13H16F2O3/c1-8(2)11(12(16)17-3)9-4-6-10(7-5-9)18-13(14)15/h4-8,11,13H,1-3H3. The van der Waals surface area contributed by atoms with Crippen molar-refractivity contribution < 1.29 is 23.0 Å². The summed E-state index contributed by atoms with van der Waals surface area (Å²) in [7, 11) is 1.33. The number of carbonyl (C=O) groups excluding carboxylic acids is 1. The number of hydrogen-bond donors (Lipinski definition) is 0. The fourth-order valence-corrected chi connectivity index (χ4v) is 1.78. The van der Waals surface area contributed by atoms with Crippen LogP contribution in [0.25, 0.3) is 0 Å². The van der Waals surface area contributed by atoms with Gasteiger partial charge in [0.2, 0.25) is 0 Å². The summed E-state index contributed by atoms with van der Waals surface area (Å²) in [6.07, 6.45) is 0. The van der Waals surface area contributed by atoms with Crippen LogP contribution in [0.3, 0.4) is 0 Å². The van der Waals surface area contributed by atoms with E-state index >= 15 is 0 Å². The van der Waals surface area contributed by atoms with Crippen LogP contribution in [0.15, 0.2) is 24.3 Å². The zero-order valence-corrected chi connectivity index (χ0v) is 10.5. The molecule has 1 aromatic carbocycles. The first-order valence-electron chi connectivity index (χ1n) is 5.58. The molecule has 0 fully saturated rings. The molecule has 18 heavy (non-hydrogen) atoms. The molecule has 0 aromatic heterocycles. The SMILES string of the molecule is COC(=O)C(c1ccc(OC(F)F)cc1)C(C)C. The molecule has 100 valence electrons. The Balaban J connectivity index is 2.90. The first kappa shape index (κ1) is 14.4.